The van der Waals surface area contributed by atoms with Gasteiger partial charge in [0.2, 0.25) is 0 Å². The summed E-state index contributed by atoms with van der Waals surface area (Å²) < 4.78 is 0. The van der Waals surface area contributed by atoms with E-state index in [2.05, 4.69) is 38.0 Å². The summed E-state index contributed by atoms with van der Waals surface area (Å²) in [6, 6.07) is 1.96. The number of hydrogen-bond donors (Lipinski definition) is 1. The summed E-state index contributed by atoms with van der Waals surface area (Å²) in [5.41, 5.74) is 0. The van der Waals surface area contributed by atoms with Crippen LogP contribution in [0.25, 0.3) is 0 Å². The molecule has 0 aromatic rings. The fourth-order valence-electron chi connectivity index (χ4n) is 1.62. The van der Waals surface area contributed by atoms with Gasteiger partial charge >= 0.3 is 0 Å². The zero-order valence-corrected chi connectivity index (χ0v) is 7.39. The van der Waals surface area contributed by atoms with Gasteiger partial charge < -0.3 is 10.2 Å². The van der Waals surface area contributed by atoms with E-state index in [0.29, 0.717) is 18.1 Å². The molecule has 0 spiro atoms. The summed E-state index contributed by atoms with van der Waals surface area (Å²) in [6.45, 7) is 7.92. The molecule has 3 atom stereocenters. The van der Waals surface area contributed by atoms with Gasteiger partial charge in [-0.2, -0.15) is 0 Å². The molecule has 1 rings (SSSR count). The van der Waals surface area contributed by atoms with Crippen molar-refractivity contribution in [3.8, 4) is 0 Å². The Labute approximate surface area is 63.6 Å². The standard InChI is InChI=1S/C8H18N2/c1-6-5-10(4)8(3)7(2)9-6/h6-9H,5H2,1-4H3. The Balaban J connectivity index is 2.49. The van der Waals surface area contributed by atoms with Gasteiger partial charge in [0.05, 0.1) is 0 Å². The highest BCUT2D eigenvalue weighted by Crippen LogP contribution is 2.08. The minimum atomic E-state index is 0.633. The number of nitrogens with zero attached hydrogens (tertiary/aromatic N) is 1. The van der Waals surface area contributed by atoms with Crippen LogP contribution in [0.5, 0.6) is 0 Å². The molecule has 1 heterocycles. The minimum Gasteiger partial charge on any atom is -0.309 e. The largest absolute Gasteiger partial charge is 0.309 e. The van der Waals surface area contributed by atoms with Crippen molar-refractivity contribution in [3.05, 3.63) is 0 Å². The second-order valence-corrected chi connectivity index (χ2v) is 3.54. The molecule has 0 bridgehead atoms. The van der Waals surface area contributed by atoms with E-state index in [0.717, 1.165) is 0 Å². The van der Waals surface area contributed by atoms with Gasteiger partial charge in [-0.1, -0.05) is 0 Å². The normalized spacial score (nSPS) is 43.8. The van der Waals surface area contributed by atoms with E-state index in [4.69, 9.17) is 0 Å². The lowest BCUT2D eigenvalue weighted by molar-refractivity contribution is 0.141. The summed E-state index contributed by atoms with van der Waals surface area (Å²) >= 11 is 0. The van der Waals surface area contributed by atoms with Crippen LogP contribution in [0.2, 0.25) is 0 Å². The van der Waals surface area contributed by atoms with Crippen molar-refractivity contribution in [3.63, 3.8) is 0 Å². The molecule has 3 unspecified atom stereocenters. The maximum Gasteiger partial charge on any atom is 0.0216 e. The van der Waals surface area contributed by atoms with Gasteiger partial charge in [0.25, 0.3) is 0 Å². The molecule has 0 aromatic heterocycles. The SMILES string of the molecule is CC1CN(C)C(C)C(C)N1. The third-order valence-electron chi connectivity index (χ3n) is 2.53. The van der Waals surface area contributed by atoms with Crippen molar-refractivity contribution in [2.75, 3.05) is 13.6 Å². The average molecular weight is 142 g/mol. The first-order valence-corrected chi connectivity index (χ1v) is 4.07. The molecule has 2 heteroatoms. The quantitative estimate of drug-likeness (QED) is 0.535. The maximum absolute atomic E-state index is 3.52. The highest BCUT2D eigenvalue weighted by molar-refractivity contribution is 4.85. The van der Waals surface area contributed by atoms with E-state index in [-0.39, 0.29) is 0 Å². The van der Waals surface area contributed by atoms with Crippen LogP contribution in [0.3, 0.4) is 0 Å². The monoisotopic (exact) mass is 142 g/mol. The summed E-state index contributed by atoms with van der Waals surface area (Å²) in [5.74, 6) is 0. The van der Waals surface area contributed by atoms with Crippen LogP contribution < -0.4 is 5.32 Å². The van der Waals surface area contributed by atoms with E-state index in [1.54, 1.807) is 0 Å². The van der Waals surface area contributed by atoms with Crippen LogP contribution in [0.4, 0.5) is 0 Å². The first-order valence-electron chi connectivity index (χ1n) is 4.07. The Morgan fingerprint density at radius 1 is 1.30 bits per heavy atom. The van der Waals surface area contributed by atoms with Gasteiger partial charge in [0.1, 0.15) is 0 Å². The lowest BCUT2D eigenvalue weighted by Crippen LogP contribution is -2.57. The second-order valence-electron chi connectivity index (χ2n) is 3.54. The molecule has 1 fully saturated rings. The summed E-state index contributed by atoms with van der Waals surface area (Å²) in [6.07, 6.45) is 0. The van der Waals surface area contributed by atoms with Gasteiger partial charge in [0, 0.05) is 24.7 Å². The third-order valence-corrected chi connectivity index (χ3v) is 2.53. The smallest absolute Gasteiger partial charge is 0.0216 e. The Morgan fingerprint density at radius 2 is 1.90 bits per heavy atom. The van der Waals surface area contributed by atoms with Crippen molar-refractivity contribution >= 4 is 0 Å². The van der Waals surface area contributed by atoms with Crippen LogP contribution >= 0.6 is 0 Å². The first-order chi connectivity index (χ1) is 4.61. The fourth-order valence-corrected chi connectivity index (χ4v) is 1.62. The molecule has 0 aliphatic carbocycles. The molecule has 2 nitrogen and oxygen atoms in total. The Morgan fingerprint density at radius 3 is 2.40 bits per heavy atom. The molecule has 0 amide bonds. The van der Waals surface area contributed by atoms with Crippen molar-refractivity contribution in [2.24, 2.45) is 0 Å². The molecular weight excluding hydrogens is 124 g/mol. The van der Waals surface area contributed by atoms with Gasteiger partial charge in [-0.25, -0.2) is 0 Å². The van der Waals surface area contributed by atoms with E-state index in [9.17, 15) is 0 Å². The second kappa shape index (κ2) is 2.89. The van der Waals surface area contributed by atoms with Gasteiger partial charge in [0.15, 0.2) is 0 Å². The third kappa shape index (κ3) is 1.50. The van der Waals surface area contributed by atoms with Gasteiger partial charge in [-0.05, 0) is 27.8 Å². The van der Waals surface area contributed by atoms with Crippen molar-refractivity contribution in [1.29, 1.82) is 0 Å². The molecule has 0 saturated carbocycles. The van der Waals surface area contributed by atoms with Crippen LogP contribution in [0, 0.1) is 0 Å². The molecule has 1 aliphatic heterocycles. The molecule has 60 valence electrons. The maximum atomic E-state index is 3.52. The lowest BCUT2D eigenvalue weighted by Gasteiger charge is -2.39. The molecule has 1 aliphatic rings. The number of piperazine rings is 1. The molecule has 0 radical (unpaired) electrons. The lowest BCUT2D eigenvalue weighted by atomic mass is 10.1. The van der Waals surface area contributed by atoms with E-state index < -0.39 is 0 Å². The molecule has 10 heavy (non-hydrogen) atoms. The molecular formula is C8H18N2. The Kier molecular flexibility index (Phi) is 2.32. The van der Waals surface area contributed by atoms with Gasteiger partial charge in [-0.15, -0.1) is 0 Å². The van der Waals surface area contributed by atoms with Crippen LogP contribution in [0.1, 0.15) is 20.8 Å². The van der Waals surface area contributed by atoms with Crippen molar-refractivity contribution < 1.29 is 0 Å². The highest BCUT2D eigenvalue weighted by atomic mass is 15.2. The van der Waals surface area contributed by atoms with Crippen LogP contribution in [-0.4, -0.2) is 36.6 Å². The Hall–Kier alpha value is -0.0800. The van der Waals surface area contributed by atoms with E-state index in [1.165, 1.54) is 6.54 Å². The summed E-state index contributed by atoms with van der Waals surface area (Å²) in [4.78, 5) is 2.41. The zero-order chi connectivity index (χ0) is 7.72. The number of rotatable bonds is 0. The predicted octanol–water partition coefficient (Wildman–Crippen LogP) is 0.687. The topological polar surface area (TPSA) is 15.3 Å². The van der Waals surface area contributed by atoms with Crippen LogP contribution in [-0.2, 0) is 0 Å². The number of likely N-dealkylation sites (N-methyl/N-ethyl adjacent to an activating group) is 1. The number of nitrogens with one attached hydrogen (secondary N) is 1. The first kappa shape index (κ1) is 8.02. The predicted molar refractivity (Wildman–Crippen MR) is 44.2 cm³/mol. The summed E-state index contributed by atoms with van der Waals surface area (Å²) in [7, 11) is 2.19. The zero-order valence-electron chi connectivity index (χ0n) is 7.39. The number of hydrogen-bond acceptors (Lipinski definition) is 2. The molecule has 1 saturated heterocycles. The molecule has 1 N–H and O–H groups in total. The Bertz CT molecular complexity index is 102. The van der Waals surface area contributed by atoms with E-state index >= 15 is 0 Å². The fraction of sp³-hybridized carbons (Fsp3) is 1.00. The summed E-state index contributed by atoms with van der Waals surface area (Å²) in [5, 5.41) is 3.52. The van der Waals surface area contributed by atoms with Crippen LogP contribution in [0.15, 0.2) is 0 Å². The minimum absolute atomic E-state index is 0.633. The van der Waals surface area contributed by atoms with Crippen molar-refractivity contribution in [2.45, 2.75) is 38.9 Å². The molecule has 0 aromatic carbocycles. The van der Waals surface area contributed by atoms with Gasteiger partial charge in [-0.3, -0.25) is 0 Å². The van der Waals surface area contributed by atoms with E-state index in [1.807, 2.05) is 0 Å². The highest BCUT2D eigenvalue weighted by Gasteiger charge is 2.24. The van der Waals surface area contributed by atoms with Crippen molar-refractivity contribution in [1.82, 2.24) is 10.2 Å². The average Bonchev–Trinajstić information content (AvgIpc) is 1.82.